The minimum atomic E-state index is 0.0240. The Morgan fingerprint density at radius 2 is 2.17 bits per heavy atom. The quantitative estimate of drug-likeness (QED) is 0.873. The van der Waals surface area contributed by atoms with Gasteiger partial charge in [-0.25, -0.2) is 0 Å². The molecule has 3 rings (SSSR count). The smallest absolute Gasteiger partial charge is 0.246 e. The van der Waals surface area contributed by atoms with E-state index >= 15 is 0 Å². The van der Waals surface area contributed by atoms with E-state index in [0.717, 1.165) is 29.8 Å². The maximum atomic E-state index is 12.3. The zero-order chi connectivity index (χ0) is 16.9. The Kier molecular flexibility index (Phi) is 4.84. The number of benzene rings is 1. The lowest BCUT2D eigenvalue weighted by Crippen LogP contribution is -2.36. The maximum absolute atomic E-state index is 12.3. The number of anilines is 1. The first kappa shape index (κ1) is 16.1. The highest BCUT2D eigenvalue weighted by molar-refractivity contribution is 5.91. The van der Waals surface area contributed by atoms with E-state index in [9.17, 15) is 4.79 Å². The van der Waals surface area contributed by atoms with Crippen molar-refractivity contribution in [3.05, 3.63) is 47.7 Å². The molecule has 0 radical (unpaired) electrons. The first-order chi connectivity index (χ1) is 11.7. The van der Waals surface area contributed by atoms with Crippen molar-refractivity contribution < 1.29 is 14.1 Å². The number of carbonyl (C=O) groups is 1. The third kappa shape index (κ3) is 3.76. The largest absolute Gasteiger partial charge is 0.497 e. The normalized spacial score (nSPS) is 15.8. The predicted molar refractivity (Wildman–Crippen MR) is 91.5 cm³/mol. The molecule has 1 aromatic carbocycles. The molecule has 1 aromatic heterocycles. The Morgan fingerprint density at radius 1 is 1.38 bits per heavy atom. The first-order valence-electron chi connectivity index (χ1n) is 7.99. The minimum Gasteiger partial charge on any atom is -0.497 e. The van der Waals surface area contributed by atoms with E-state index in [1.807, 2.05) is 35.2 Å². The summed E-state index contributed by atoms with van der Waals surface area (Å²) in [5.41, 5.74) is 7.39. The predicted octanol–water partition coefficient (Wildman–Crippen LogP) is 2.68. The van der Waals surface area contributed by atoms with Crippen molar-refractivity contribution in [2.45, 2.75) is 18.8 Å². The van der Waals surface area contributed by atoms with Gasteiger partial charge in [-0.1, -0.05) is 17.3 Å². The zero-order valence-corrected chi connectivity index (χ0v) is 13.6. The highest BCUT2D eigenvalue weighted by atomic mass is 16.5. The molecule has 1 amide bonds. The molecule has 0 aliphatic carbocycles. The number of piperidine rings is 1. The number of carbonyl (C=O) groups excluding carboxylic acids is 1. The van der Waals surface area contributed by atoms with Crippen molar-refractivity contribution in [3.8, 4) is 5.75 Å². The van der Waals surface area contributed by atoms with E-state index in [4.69, 9.17) is 15.0 Å². The number of ether oxygens (including phenoxy) is 1. The van der Waals surface area contributed by atoms with Gasteiger partial charge in [0.1, 0.15) is 5.75 Å². The van der Waals surface area contributed by atoms with Crippen LogP contribution in [0.15, 0.2) is 40.9 Å². The van der Waals surface area contributed by atoms with Crippen LogP contribution in [0.3, 0.4) is 0 Å². The third-order valence-electron chi connectivity index (χ3n) is 4.28. The van der Waals surface area contributed by atoms with Gasteiger partial charge >= 0.3 is 0 Å². The number of nitrogens with two attached hydrogens (primary N) is 1. The molecule has 6 nitrogen and oxygen atoms in total. The first-order valence-corrected chi connectivity index (χ1v) is 7.99. The molecule has 1 saturated heterocycles. The van der Waals surface area contributed by atoms with Crippen LogP contribution in [0, 0.1) is 0 Å². The highest BCUT2D eigenvalue weighted by Gasteiger charge is 2.24. The molecule has 126 valence electrons. The standard InChI is InChI=1S/C18H21N3O3/c1-23-15-4-2-3-13(11-15)5-6-18(22)21-9-7-14(8-10-21)16-12-17(19)24-20-16/h2-6,11-12,14H,7-10,19H2,1H3. The van der Waals surface area contributed by atoms with Crippen LogP contribution in [-0.4, -0.2) is 36.2 Å². The number of likely N-dealkylation sites (tertiary alicyclic amines) is 1. The monoisotopic (exact) mass is 327 g/mol. The van der Waals surface area contributed by atoms with Gasteiger partial charge in [0.25, 0.3) is 0 Å². The number of nitrogens with zero attached hydrogens (tertiary/aromatic N) is 2. The molecular weight excluding hydrogens is 306 g/mol. The van der Waals surface area contributed by atoms with Crippen molar-refractivity contribution in [2.24, 2.45) is 0 Å². The summed E-state index contributed by atoms with van der Waals surface area (Å²) in [4.78, 5) is 14.2. The fourth-order valence-corrected chi connectivity index (χ4v) is 2.91. The summed E-state index contributed by atoms with van der Waals surface area (Å²) < 4.78 is 10.1. The van der Waals surface area contributed by atoms with Crippen LogP contribution in [0.1, 0.15) is 30.0 Å². The zero-order valence-electron chi connectivity index (χ0n) is 13.6. The van der Waals surface area contributed by atoms with Gasteiger partial charge in [-0.15, -0.1) is 0 Å². The van der Waals surface area contributed by atoms with Gasteiger partial charge in [0, 0.05) is 31.1 Å². The summed E-state index contributed by atoms with van der Waals surface area (Å²) in [6, 6.07) is 9.38. The molecule has 2 heterocycles. The molecule has 0 bridgehead atoms. The van der Waals surface area contributed by atoms with Crippen molar-refractivity contribution >= 4 is 17.9 Å². The van der Waals surface area contributed by atoms with Gasteiger partial charge in [-0.2, -0.15) is 0 Å². The van der Waals surface area contributed by atoms with Gasteiger partial charge in [-0.3, -0.25) is 4.79 Å². The second-order valence-electron chi connectivity index (χ2n) is 5.86. The molecule has 0 saturated carbocycles. The summed E-state index contributed by atoms with van der Waals surface area (Å²) in [6.45, 7) is 1.41. The molecule has 2 N–H and O–H groups in total. The average Bonchev–Trinajstić information content (AvgIpc) is 3.06. The molecule has 0 atom stereocenters. The molecule has 1 fully saturated rings. The summed E-state index contributed by atoms with van der Waals surface area (Å²) in [6.07, 6.45) is 5.16. The van der Waals surface area contributed by atoms with E-state index in [1.165, 1.54) is 0 Å². The number of rotatable bonds is 4. The Bertz CT molecular complexity index is 731. The van der Waals surface area contributed by atoms with Crippen molar-refractivity contribution in [1.82, 2.24) is 10.1 Å². The van der Waals surface area contributed by atoms with E-state index in [-0.39, 0.29) is 5.91 Å². The number of nitrogen functional groups attached to an aromatic ring is 1. The molecule has 1 aliphatic rings. The fraction of sp³-hybridized carbons (Fsp3) is 0.333. The minimum absolute atomic E-state index is 0.0240. The van der Waals surface area contributed by atoms with Gasteiger partial charge < -0.3 is 19.9 Å². The van der Waals surface area contributed by atoms with E-state index < -0.39 is 0 Å². The van der Waals surface area contributed by atoms with Gasteiger partial charge in [0.05, 0.1) is 12.8 Å². The number of amides is 1. The number of hydrogen-bond donors (Lipinski definition) is 1. The summed E-state index contributed by atoms with van der Waals surface area (Å²) in [5.74, 6) is 1.44. The van der Waals surface area contributed by atoms with E-state index in [2.05, 4.69) is 5.16 Å². The summed E-state index contributed by atoms with van der Waals surface area (Å²) >= 11 is 0. The molecule has 1 aliphatic heterocycles. The Labute approximate surface area is 140 Å². The Balaban J connectivity index is 1.56. The van der Waals surface area contributed by atoms with Crippen LogP contribution in [0.25, 0.3) is 6.08 Å². The number of hydrogen-bond acceptors (Lipinski definition) is 5. The van der Waals surface area contributed by atoms with Gasteiger partial charge in [0.15, 0.2) is 0 Å². The van der Waals surface area contributed by atoms with Crippen LogP contribution in [0.2, 0.25) is 0 Å². The summed E-state index contributed by atoms with van der Waals surface area (Å²) in [7, 11) is 1.63. The van der Waals surface area contributed by atoms with Crippen molar-refractivity contribution in [1.29, 1.82) is 0 Å². The lowest BCUT2D eigenvalue weighted by Gasteiger charge is -2.30. The van der Waals surface area contributed by atoms with Crippen molar-refractivity contribution in [2.75, 3.05) is 25.9 Å². The molecule has 6 heteroatoms. The van der Waals surface area contributed by atoms with E-state index in [0.29, 0.717) is 24.9 Å². The summed E-state index contributed by atoms with van der Waals surface area (Å²) in [5, 5.41) is 3.97. The molecule has 24 heavy (non-hydrogen) atoms. The molecule has 2 aromatic rings. The Morgan fingerprint density at radius 3 is 2.83 bits per heavy atom. The van der Waals surface area contributed by atoms with Gasteiger partial charge in [0.2, 0.25) is 11.8 Å². The second-order valence-corrected chi connectivity index (χ2v) is 5.86. The second kappa shape index (κ2) is 7.21. The van der Waals surface area contributed by atoms with Gasteiger partial charge in [-0.05, 0) is 36.6 Å². The molecule has 0 unspecified atom stereocenters. The fourth-order valence-electron chi connectivity index (χ4n) is 2.91. The van der Waals surface area contributed by atoms with Crippen LogP contribution in [0.5, 0.6) is 5.75 Å². The lowest BCUT2D eigenvalue weighted by molar-refractivity contribution is -0.126. The topological polar surface area (TPSA) is 81.6 Å². The van der Waals surface area contributed by atoms with Crippen LogP contribution < -0.4 is 10.5 Å². The third-order valence-corrected chi connectivity index (χ3v) is 4.28. The van der Waals surface area contributed by atoms with Crippen LogP contribution >= 0.6 is 0 Å². The Hall–Kier alpha value is -2.76. The maximum Gasteiger partial charge on any atom is 0.246 e. The SMILES string of the molecule is COc1cccc(C=CC(=O)N2CCC(c3cc(N)on3)CC2)c1. The lowest BCUT2D eigenvalue weighted by atomic mass is 9.93. The number of methoxy groups -OCH3 is 1. The molecular formula is C18H21N3O3. The van der Waals surface area contributed by atoms with Crippen LogP contribution in [-0.2, 0) is 4.79 Å². The average molecular weight is 327 g/mol. The molecule has 0 spiro atoms. The van der Waals surface area contributed by atoms with E-state index in [1.54, 1.807) is 19.3 Å². The van der Waals surface area contributed by atoms with Crippen LogP contribution in [0.4, 0.5) is 5.88 Å². The number of aromatic nitrogens is 1. The highest BCUT2D eigenvalue weighted by Crippen LogP contribution is 2.28. The van der Waals surface area contributed by atoms with Crippen molar-refractivity contribution in [3.63, 3.8) is 0 Å².